The van der Waals surface area contributed by atoms with Gasteiger partial charge in [0.25, 0.3) is 0 Å². The van der Waals surface area contributed by atoms with E-state index in [-0.39, 0.29) is 0 Å². The summed E-state index contributed by atoms with van der Waals surface area (Å²) in [6, 6.07) is 7.32. The van der Waals surface area contributed by atoms with Gasteiger partial charge in [0, 0.05) is 41.2 Å². The maximum atomic E-state index is 6.33. The second-order valence-electron chi connectivity index (χ2n) is 5.62. The molecule has 1 saturated heterocycles. The number of nitrogens with zero attached hydrogens (tertiary/aromatic N) is 1. The number of benzene rings is 1. The van der Waals surface area contributed by atoms with E-state index in [0.717, 1.165) is 48.4 Å². The summed E-state index contributed by atoms with van der Waals surface area (Å²) in [7, 11) is 0. The zero-order valence-corrected chi connectivity index (χ0v) is 13.8. The van der Waals surface area contributed by atoms with Gasteiger partial charge in [0.1, 0.15) is 0 Å². The average Bonchev–Trinajstić information content (AvgIpc) is 3.25. The van der Waals surface area contributed by atoms with Crippen LogP contribution in [0.2, 0.25) is 5.02 Å². The van der Waals surface area contributed by atoms with Crippen molar-refractivity contribution in [3.8, 4) is 0 Å². The third-order valence-electron chi connectivity index (χ3n) is 3.96. The van der Waals surface area contributed by atoms with Crippen LogP contribution in [-0.4, -0.2) is 43.3 Å². The molecule has 1 aromatic carbocycles. The van der Waals surface area contributed by atoms with Gasteiger partial charge in [-0.2, -0.15) is 0 Å². The molecule has 1 saturated carbocycles. The highest BCUT2D eigenvalue weighted by Crippen LogP contribution is 2.24. The second-order valence-corrected chi connectivity index (χ2v) is 6.94. The van der Waals surface area contributed by atoms with E-state index in [4.69, 9.17) is 16.3 Å². The van der Waals surface area contributed by atoms with Crippen molar-refractivity contribution < 1.29 is 4.74 Å². The number of rotatable bonds is 5. The van der Waals surface area contributed by atoms with Crippen molar-refractivity contribution in [2.45, 2.75) is 31.5 Å². The molecular weight excluding hydrogens is 340 g/mol. The predicted molar refractivity (Wildman–Crippen MR) is 85.2 cm³/mol. The Kier molecular flexibility index (Phi) is 5.00. The Hall–Kier alpha value is -0.130. The van der Waals surface area contributed by atoms with Crippen LogP contribution in [0.25, 0.3) is 0 Å². The molecule has 0 amide bonds. The van der Waals surface area contributed by atoms with Crippen LogP contribution in [0.3, 0.4) is 0 Å². The Morgan fingerprint density at radius 3 is 3.00 bits per heavy atom. The lowest BCUT2D eigenvalue weighted by Crippen LogP contribution is -2.50. The Morgan fingerprint density at radius 1 is 1.40 bits per heavy atom. The van der Waals surface area contributed by atoms with Gasteiger partial charge in [-0.1, -0.05) is 33.6 Å². The Balaban J connectivity index is 1.62. The molecule has 1 unspecified atom stereocenters. The molecular formula is C15H20BrClN2O. The van der Waals surface area contributed by atoms with Crippen molar-refractivity contribution >= 4 is 27.5 Å². The molecule has 1 heterocycles. The largest absolute Gasteiger partial charge is 0.378 e. The van der Waals surface area contributed by atoms with E-state index in [1.807, 2.05) is 6.07 Å². The molecule has 1 N–H and O–H groups in total. The summed E-state index contributed by atoms with van der Waals surface area (Å²) in [6.45, 7) is 4.51. The van der Waals surface area contributed by atoms with Gasteiger partial charge >= 0.3 is 0 Å². The standard InChI is InChI=1S/C15H20BrClN2O/c16-12-2-1-11(15(17)7-12)9-19-5-6-20-10-14(19)8-18-13-3-4-13/h1-2,7,13-14,18H,3-6,8-10H2. The van der Waals surface area contributed by atoms with Gasteiger partial charge in [-0.25, -0.2) is 0 Å². The summed E-state index contributed by atoms with van der Waals surface area (Å²) >= 11 is 9.78. The fourth-order valence-electron chi connectivity index (χ4n) is 2.54. The van der Waals surface area contributed by atoms with Crippen LogP contribution in [0.1, 0.15) is 18.4 Å². The molecule has 1 aliphatic carbocycles. The number of morpholine rings is 1. The summed E-state index contributed by atoms with van der Waals surface area (Å²) in [5, 5.41) is 4.44. The number of hydrogen-bond acceptors (Lipinski definition) is 3. The lowest BCUT2D eigenvalue weighted by atomic mass is 10.1. The molecule has 0 radical (unpaired) electrons. The van der Waals surface area contributed by atoms with E-state index in [2.05, 4.69) is 38.3 Å². The van der Waals surface area contributed by atoms with Gasteiger partial charge < -0.3 is 10.1 Å². The molecule has 1 aromatic rings. The van der Waals surface area contributed by atoms with Crippen molar-refractivity contribution in [3.05, 3.63) is 33.3 Å². The SMILES string of the molecule is Clc1cc(Br)ccc1CN1CCOCC1CNC1CC1. The van der Waals surface area contributed by atoms with Crippen LogP contribution in [0.15, 0.2) is 22.7 Å². The topological polar surface area (TPSA) is 24.5 Å². The quantitative estimate of drug-likeness (QED) is 0.874. The third kappa shape index (κ3) is 3.95. The summed E-state index contributed by atoms with van der Waals surface area (Å²) in [5.74, 6) is 0. The van der Waals surface area contributed by atoms with E-state index in [1.54, 1.807) is 0 Å². The molecule has 5 heteroatoms. The third-order valence-corrected chi connectivity index (χ3v) is 4.80. The fourth-order valence-corrected chi connectivity index (χ4v) is 3.28. The van der Waals surface area contributed by atoms with Crippen molar-refractivity contribution in [1.29, 1.82) is 0 Å². The number of nitrogens with one attached hydrogen (secondary N) is 1. The highest BCUT2D eigenvalue weighted by atomic mass is 79.9. The van der Waals surface area contributed by atoms with E-state index in [9.17, 15) is 0 Å². The van der Waals surface area contributed by atoms with Crippen molar-refractivity contribution in [1.82, 2.24) is 10.2 Å². The van der Waals surface area contributed by atoms with Crippen LogP contribution >= 0.6 is 27.5 Å². The molecule has 1 atom stereocenters. The van der Waals surface area contributed by atoms with E-state index in [0.29, 0.717) is 6.04 Å². The van der Waals surface area contributed by atoms with Crippen LogP contribution in [0.5, 0.6) is 0 Å². The number of halogens is 2. The molecule has 110 valence electrons. The Bertz CT molecular complexity index is 467. The zero-order valence-electron chi connectivity index (χ0n) is 11.4. The minimum Gasteiger partial charge on any atom is -0.378 e. The molecule has 0 aromatic heterocycles. The van der Waals surface area contributed by atoms with Crippen molar-refractivity contribution in [2.24, 2.45) is 0 Å². The first-order valence-electron chi connectivity index (χ1n) is 7.21. The minimum atomic E-state index is 0.448. The first-order valence-corrected chi connectivity index (χ1v) is 8.38. The molecule has 0 spiro atoms. The molecule has 2 aliphatic rings. The van der Waals surface area contributed by atoms with Crippen molar-refractivity contribution in [3.63, 3.8) is 0 Å². The maximum absolute atomic E-state index is 6.33. The summed E-state index contributed by atoms with van der Waals surface area (Å²) in [5.41, 5.74) is 1.19. The molecule has 3 nitrogen and oxygen atoms in total. The summed E-state index contributed by atoms with van der Waals surface area (Å²) in [6.07, 6.45) is 2.65. The van der Waals surface area contributed by atoms with Gasteiger partial charge in [0.05, 0.1) is 13.2 Å². The smallest absolute Gasteiger partial charge is 0.0635 e. The van der Waals surface area contributed by atoms with E-state index < -0.39 is 0 Å². The van der Waals surface area contributed by atoms with Gasteiger partial charge in [0.2, 0.25) is 0 Å². The van der Waals surface area contributed by atoms with Gasteiger partial charge in [-0.3, -0.25) is 4.90 Å². The first-order chi connectivity index (χ1) is 9.72. The minimum absolute atomic E-state index is 0.448. The van der Waals surface area contributed by atoms with E-state index >= 15 is 0 Å². The van der Waals surface area contributed by atoms with Crippen molar-refractivity contribution in [2.75, 3.05) is 26.3 Å². The lowest BCUT2D eigenvalue weighted by molar-refractivity contribution is -0.0110. The summed E-state index contributed by atoms with van der Waals surface area (Å²) in [4.78, 5) is 2.48. The number of hydrogen-bond donors (Lipinski definition) is 1. The highest BCUT2D eigenvalue weighted by molar-refractivity contribution is 9.10. The Labute approximate surface area is 133 Å². The molecule has 0 bridgehead atoms. The number of ether oxygens (including phenoxy) is 1. The van der Waals surface area contributed by atoms with Crippen LogP contribution in [-0.2, 0) is 11.3 Å². The van der Waals surface area contributed by atoms with E-state index in [1.165, 1.54) is 18.4 Å². The summed E-state index contributed by atoms with van der Waals surface area (Å²) < 4.78 is 6.66. The van der Waals surface area contributed by atoms with Crippen LogP contribution in [0, 0.1) is 0 Å². The maximum Gasteiger partial charge on any atom is 0.0635 e. The van der Waals surface area contributed by atoms with Crippen LogP contribution in [0.4, 0.5) is 0 Å². The zero-order chi connectivity index (χ0) is 13.9. The fraction of sp³-hybridized carbons (Fsp3) is 0.600. The monoisotopic (exact) mass is 358 g/mol. The molecule has 1 aliphatic heterocycles. The Morgan fingerprint density at radius 2 is 2.25 bits per heavy atom. The highest BCUT2D eigenvalue weighted by Gasteiger charge is 2.27. The molecule has 20 heavy (non-hydrogen) atoms. The predicted octanol–water partition coefficient (Wildman–Crippen LogP) is 3.06. The lowest BCUT2D eigenvalue weighted by Gasteiger charge is -2.36. The first kappa shape index (κ1) is 14.8. The molecule has 2 fully saturated rings. The van der Waals surface area contributed by atoms with Gasteiger partial charge in [-0.05, 0) is 30.5 Å². The normalized spacial score (nSPS) is 24.0. The van der Waals surface area contributed by atoms with Gasteiger partial charge in [0.15, 0.2) is 0 Å². The van der Waals surface area contributed by atoms with Gasteiger partial charge in [-0.15, -0.1) is 0 Å². The average molecular weight is 360 g/mol. The second kappa shape index (κ2) is 6.75. The molecule has 3 rings (SSSR count). The van der Waals surface area contributed by atoms with Crippen LogP contribution < -0.4 is 5.32 Å².